The second kappa shape index (κ2) is 8.73. The van der Waals surface area contributed by atoms with Gasteiger partial charge in [0.05, 0.1) is 11.4 Å². The van der Waals surface area contributed by atoms with Crippen LogP contribution >= 0.6 is 0 Å². The first-order valence-corrected chi connectivity index (χ1v) is 10.7. The maximum absolute atomic E-state index is 11.3. The molecule has 1 amide bonds. The minimum atomic E-state index is 0.711. The number of pyridine rings is 1. The van der Waals surface area contributed by atoms with E-state index in [0.29, 0.717) is 6.41 Å². The summed E-state index contributed by atoms with van der Waals surface area (Å²) in [5.74, 6) is 1.75. The fourth-order valence-electron chi connectivity index (χ4n) is 4.26. The van der Waals surface area contributed by atoms with Crippen molar-refractivity contribution in [3.63, 3.8) is 0 Å². The largest absolute Gasteiger partial charge is 0.354 e. The number of piperazine rings is 1. The van der Waals surface area contributed by atoms with Gasteiger partial charge in [0.25, 0.3) is 0 Å². The minimum absolute atomic E-state index is 0.711. The zero-order valence-electron chi connectivity index (χ0n) is 17.4. The van der Waals surface area contributed by atoms with Crippen molar-refractivity contribution in [2.75, 3.05) is 54.5 Å². The molecular formula is C22H26N8O. The van der Waals surface area contributed by atoms with Crippen molar-refractivity contribution >= 4 is 18.2 Å². The number of nitrogens with zero attached hydrogens (tertiary/aromatic N) is 6. The van der Waals surface area contributed by atoms with Gasteiger partial charge in [-0.05, 0) is 37.1 Å². The Morgan fingerprint density at radius 1 is 0.903 bits per heavy atom. The highest BCUT2D eigenvalue weighted by molar-refractivity contribution is 5.73. The highest BCUT2D eigenvalue weighted by atomic mass is 16.1. The predicted octanol–water partition coefficient (Wildman–Crippen LogP) is 1.72. The maximum Gasteiger partial charge on any atom is 0.226 e. The number of carbonyl (C=O) groups is 1. The highest BCUT2D eigenvalue weighted by Crippen LogP contribution is 2.29. The van der Waals surface area contributed by atoms with Crippen LogP contribution in [0.15, 0.2) is 42.9 Å². The number of rotatable bonds is 6. The Morgan fingerprint density at radius 3 is 2.42 bits per heavy atom. The van der Waals surface area contributed by atoms with Crippen LogP contribution < -0.4 is 20.5 Å². The molecule has 0 aliphatic carbocycles. The van der Waals surface area contributed by atoms with Crippen LogP contribution in [-0.2, 0) is 4.79 Å². The third-order valence-corrected chi connectivity index (χ3v) is 5.86. The Bertz CT molecular complexity index is 1040. The normalized spacial score (nSPS) is 16.5. The van der Waals surface area contributed by atoms with E-state index >= 15 is 0 Å². The number of amides is 1. The molecule has 2 fully saturated rings. The molecule has 31 heavy (non-hydrogen) atoms. The van der Waals surface area contributed by atoms with E-state index in [2.05, 4.69) is 35.5 Å². The van der Waals surface area contributed by atoms with Crippen molar-refractivity contribution in [3.8, 4) is 22.5 Å². The van der Waals surface area contributed by atoms with E-state index in [1.165, 1.54) is 12.8 Å². The first-order chi connectivity index (χ1) is 15.3. The average molecular weight is 419 g/mol. The van der Waals surface area contributed by atoms with Gasteiger partial charge in [-0.2, -0.15) is 0 Å². The fraction of sp³-hybridized carbons (Fsp3) is 0.364. The first kappa shape index (κ1) is 19.5. The molecule has 0 radical (unpaired) electrons. The minimum Gasteiger partial charge on any atom is -0.354 e. The fourth-order valence-corrected chi connectivity index (χ4v) is 4.26. The lowest BCUT2D eigenvalue weighted by molar-refractivity contribution is -0.106. The van der Waals surface area contributed by atoms with Crippen molar-refractivity contribution in [2.24, 2.45) is 0 Å². The van der Waals surface area contributed by atoms with Gasteiger partial charge in [0, 0.05) is 69.0 Å². The zero-order valence-corrected chi connectivity index (χ0v) is 17.4. The van der Waals surface area contributed by atoms with Gasteiger partial charge < -0.3 is 15.1 Å². The Labute approximate surface area is 181 Å². The van der Waals surface area contributed by atoms with Crippen LogP contribution in [0.5, 0.6) is 0 Å². The number of hydrogen-bond acceptors (Lipinski definition) is 7. The van der Waals surface area contributed by atoms with Gasteiger partial charge in [-0.25, -0.2) is 14.6 Å². The van der Waals surface area contributed by atoms with E-state index in [1.807, 2.05) is 41.3 Å². The van der Waals surface area contributed by atoms with Gasteiger partial charge in [-0.3, -0.25) is 15.2 Å². The van der Waals surface area contributed by atoms with Gasteiger partial charge in [0.2, 0.25) is 12.4 Å². The van der Waals surface area contributed by atoms with E-state index in [1.54, 1.807) is 6.20 Å². The molecule has 0 saturated carbocycles. The number of aromatic nitrogens is 4. The van der Waals surface area contributed by atoms with Gasteiger partial charge in [-0.15, -0.1) is 0 Å². The monoisotopic (exact) mass is 418 g/mol. The Balaban J connectivity index is 1.44. The molecule has 2 saturated heterocycles. The van der Waals surface area contributed by atoms with Gasteiger partial charge in [0.1, 0.15) is 5.82 Å². The number of nitrogens with one attached hydrogen (secondary N) is 2. The van der Waals surface area contributed by atoms with Crippen LogP contribution in [0.2, 0.25) is 0 Å². The Kier molecular flexibility index (Phi) is 5.49. The molecule has 2 aliphatic heterocycles. The molecule has 9 heteroatoms. The maximum atomic E-state index is 11.3. The molecule has 5 heterocycles. The SMILES string of the molecule is O=CNn1c(-c2ccnc(-c3cnc(N4CCCC4)nc3)c2)ccc1N1CCNCC1. The average Bonchev–Trinajstić information content (AvgIpc) is 3.51. The van der Waals surface area contributed by atoms with E-state index in [0.717, 1.165) is 73.5 Å². The third-order valence-electron chi connectivity index (χ3n) is 5.86. The molecule has 3 aromatic rings. The van der Waals surface area contributed by atoms with Crippen molar-refractivity contribution in [1.29, 1.82) is 0 Å². The summed E-state index contributed by atoms with van der Waals surface area (Å²) in [5, 5.41) is 3.36. The van der Waals surface area contributed by atoms with Crippen molar-refractivity contribution in [2.45, 2.75) is 12.8 Å². The van der Waals surface area contributed by atoms with Crippen LogP contribution in [0, 0.1) is 0 Å². The second-order valence-corrected chi connectivity index (χ2v) is 7.79. The topological polar surface area (TPSA) is 91.2 Å². The summed E-state index contributed by atoms with van der Waals surface area (Å²) in [6, 6.07) is 8.03. The van der Waals surface area contributed by atoms with Crippen LogP contribution in [0.25, 0.3) is 22.5 Å². The van der Waals surface area contributed by atoms with E-state index in [-0.39, 0.29) is 0 Å². The Morgan fingerprint density at radius 2 is 1.68 bits per heavy atom. The lowest BCUT2D eigenvalue weighted by Gasteiger charge is -2.30. The van der Waals surface area contributed by atoms with Crippen molar-refractivity contribution < 1.29 is 4.79 Å². The molecule has 0 unspecified atom stereocenters. The van der Waals surface area contributed by atoms with E-state index < -0.39 is 0 Å². The summed E-state index contributed by atoms with van der Waals surface area (Å²) < 4.78 is 1.84. The molecule has 5 rings (SSSR count). The number of anilines is 2. The summed E-state index contributed by atoms with van der Waals surface area (Å²) in [4.78, 5) is 29.4. The van der Waals surface area contributed by atoms with E-state index in [9.17, 15) is 4.79 Å². The second-order valence-electron chi connectivity index (χ2n) is 7.79. The van der Waals surface area contributed by atoms with Crippen LogP contribution in [0.3, 0.4) is 0 Å². The van der Waals surface area contributed by atoms with Crippen molar-refractivity contribution in [3.05, 3.63) is 42.9 Å². The number of hydrogen-bond donors (Lipinski definition) is 2. The molecule has 2 N–H and O–H groups in total. The van der Waals surface area contributed by atoms with E-state index in [4.69, 9.17) is 0 Å². The van der Waals surface area contributed by atoms with Crippen LogP contribution in [-0.4, -0.2) is 65.3 Å². The van der Waals surface area contributed by atoms with Crippen molar-refractivity contribution in [1.82, 2.24) is 24.9 Å². The molecule has 160 valence electrons. The highest BCUT2D eigenvalue weighted by Gasteiger charge is 2.19. The molecule has 0 spiro atoms. The number of carbonyl (C=O) groups excluding carboxylic acids is 1. The molecule has 0 bridgehead atoms. The summed E-state index contributed by atoms with van der Waals surface area (Å²) in [6.45, 7) is 5.67. The molecule has 3 aromatic heterocycles. The predicted molar refractivity (Wildman–Crippen MR) is 121 cm³/mol. The molecule has 0 atom stereocenters. The van der Waals surface area contributed by atoms with Gasteiger partial charge in [-0.1, -0.05) is 0 Å². The quantitative estimate of drug-likeness (QED) is 0.589. The first-order valence-electron chi connectivity index (χ1n) is 10.7. The zero-order chi connectivity index (χ0) is 21.0. The van der Waals surface area contributed by atoms with Crippen LogP contribution in [0.4, 0.5) is 11.8 Å². The summed E-state index contributed by atoms with van der Waals surface area (Å²) in [7, 11) is 0. The van der Waals surface area contributed by atoms with Crippen LogP contribution in [0.1, 0.15) is 12.8 Å². The molecule has 0 aromatic carbocycles. The van der Waals surface area contributed by atoms with Gasteiger partial charge in [0.15, 0.2) is 0 Å². The molecule has 2 aliphatic rings. The molecular weight excluding hydrogens is 392 g/mol. The lowest BCUT2D eigenvalue weighted by atomic mass is 10.1. The van der Waals surface area contributed by atoms with Gasteiger partial charge >= 0.3 is 0 Å². The Hall–Kier alpha value is -3.46. The third kappa shape index (κ3) is 3.96. The summed E-state index contributed by atoms with van der Waals surface area (Å²) in [5.41, 5.74) is 6.37. The lowest BCUT2D eigenvalue weighted by Crippen LogP contribution is -2.44. The molecule has 9 nitrogen and oxygen atoms in total. The standard InChI is InChI=1S/C22H26N8O/c31-16-27-30-20(3-4-21(30)28-11-7-23-8-12-28)17-5-6-24-19(13-17)18-14-25-22(26-15-18)29-9-1-2-10-29/h3-6,13-16,23H,1-2,7-12H2,(H,27,31). The summed E-state index contributed by atoms with van der Waals surface area (Å²) >= 11 is 0. The smallest absolute Gasteiger partial charge is 0.226 e. The summed E-state index contributed by atoms with van der Waals surface area (Å²) in [6.07, 6.45) is 8.55.